The van der Waals surface area contributed by atoms with E-state index in [1.165, 1.54) is 24.8 Å². The quantitative estimate of drug-likeness (QED) is 0.723. The lowest BCUT2D eigenvalue weighted by Crippen LogP contribution is -1.96. The number of phenols is 1. The van der Waals surface area contributed by atoms with Gasteiger partial charge in [-0.15, -0.1) is 0 Å². The van der Waals surface area contributed by atoms with Gasteiger partial charge in [-0.25, -0.2) is 4.98 Å². The number of benzene rings is 1. The number of aromatic amines is 1. The minimum Gasteiger partial charge on any atom is -0.508 e. The summed E-state index contributed by atoms with van der Waals surface area (Å²) in [4.78, 5) is 7.77. The first-order valence-electron chi connectivity index (χ1n) is 8.78. The van der Waals surface area contributed by atoms with Gasteiger partial charge in [0, 0.05) is 23.3 Å². The predicted molar refractivity (Wildman–Crippen MR) is 98.4 cm³/mol. The van der Waals surface area contributed by atoms with Crippen molar-refractivity contribution in [3.8, 4) is 22.9 Å². The number of fused-ring (bicyclic) bond motifs is 1. The van der Waals surface area contributed by atoms with E-state index in [2.05, 4.69) is 16.0 Å². The van der Waals surface area contributed by atoms with Crippen LogP contribution in [0.2, 0.25) is 0 Å². The summed E-state index contributed by atoms with van der Waals surface area (Å²) in [5, 5.41) is 21.0. The van der Waals surface area contributed by atoms with Crippen molar-refractivity contribution in [3.05, 3.63) is 46.8 Å². The zero-order chi connectivity index (χ0) is 17.6. The Morgan fingerprint density at radius 2 is 2.12 bits per heavy atom. The molecular weight excluding hydrogens is 310 g/mol. The summed E-state index contributed by atoms with van der Waals surface area (Å²) >= 11 is 0. The van der Waals surface area contributed by atoms with E-state index in [0.29, 0.717) is 5.56 Å². The molecule has 126 valence electrons. The number of phenolic OH excluding ortho intramolecular Hbond substituents is 1. The van der Waals surface area contributed by atoms with E-state index in [4.69, 9.17) is 0 Å². The average Bonchev–Trinajstić information content (AvgIpc) is 3.35. The fourth-order valence-electron chi connectivity index (χ4n) is 3.68. The number of pyridine rings is 1. The van der Waals surface area contributed by atoms with Gasteiger partial charge in [-0.05, 0) is 60.9 Å². The molecule has 4 rings (SSSR count). The molecule has 4 heteroatoms. The van der Waals surface area contributed by atoms with Crippen LogP contribution in [0, 0.1) is 31.1 Å². The molecule has 1 saturated carbocycles. The fourth-order valence-corrected chi connectivity index (χ4v) is 3.68. The van der Waals surface area contributed by atoms with E-state index in [0.717, 1.165) is 45.6 Å². The van der Waals surface area contributed by atoms with Crippen LogP contribution in [0.5, 0.6) is 5.75 Å². The first kappa shape index (κ1) is 15.7. The van der Waals surface area contributed by atoms with Crippen LogP contribution in [-0.4, -0.2) is 15.1 Å². The molecule has 0 atom stereocenters. The van der Waals surface area contributed by atoms with E-state index in [1.54, 1.807) is 12.3 Å². The van der Waals surface area contributed by atoms with E-state index < -0.39 is 0 Å². The summed E-state index contributed by atoms with van der Waals surface area (Å²) in [6.07, 6.45) is 8.55. The molecule has 0 saturated heterocycles. The highest BCUT2D eigenvalue weighted by atomic mass is 16.3. The van der Waals surface area contributed by atoms with Gasteiger partial charge >= 0.3 is 0 Å². The maximum absolute atomic E-state index is 10.1. The van der Waals surface area contributed by atoms with E-state index in [9.17, 15) is 10.4 Å². The number of aromatic hydroxyl groups is 1. The van der Waals surface area contributed by atoms with Crippen LogP contribution >= 0.6 is 0 Å². The Morgan fingerprint density at radius 3 is 2.84 bits per heavy atom. The van der Waals surface area contributed by atoms with Crippen molar-refractivity contribution in [3.63, 3.8) is 0 Å². The summed E-state index contributed by atoms with van der Waals surface area (Å²) in [6, 6.07) is 5.98. The Bertz CT molecular complexity index is 1010. The van der Waals surface area contributed by atoms with Crippen molar-refractivity contribution in [1.82, 2.24) is 9.97 Å². The number of nitrogens with zero attached hydrogens (tertiary/aromatic N) is 2. The number of aromatic nitrogens is 2. The van der Waals surface area contributed by atoms with Gasteiger partial charge in [0.05, 0.1) is 5.56 Å². The summed E-state index contributed by atoms with van der Waals surface area (Å²) in [6.45, 7) is 3.88. The third-order valence-electron chi connectivity index (χ3n) is 5.33. The monoisotopic (exact) mass is 331 g/mol. The smallest absolute Gasteiger partial charge is 0.138 e. The second-order valence-corrected chi connectivity index (χ2v) is 7.08. The predicted octanol–water partition coefficient (Wildman–Crippen LogP) is 4.77. The van der Waals surface area contributed by atoms with Gasteiger partial charge in [-0.2, -0.15) is 5.26 Å². The molecule has 3 aromatic rings. The van der Waals surface area contributed by atoms with Crippen molar-refractivity contribution in [1.29, 1.82) is 5.26 Å². The van der Waals surface area contributed by atoms with Gasteiger partial charge in [0.1, 0.15) is 17.5 Å². The number of hydrogen-bond donors (Lipinski definition) is 2. The second-order valence-electron chi connectivity index (χ2n) is 7.08. The molecule has 1 aliphatic carbocycles. The summed E-state index contributed by atoms with van der Waals surface area (Å²) in [5.74, 6) is 1.09. The maximum Gasteiger partial charge on any atom is 0.138 e. The van der Waals surface area contributed by atoms with Crippen LogP contribution in [0.1, 0.15) is 41.5 Å². The number of hydrogen-bond acceptors (Lipinski definition) is 3. The minimum absolute atomic E-state index is 0.243. The molecule has 2 aromatic heterocycles. The highest BCUT2D eigenvalue weighted by Crippen LogP contribution is 2.38. The molecule has 25 heavy (non-hydrogen) atoms. The van der Waals surface area contributed by atoms with Crippen molar-refractivity contribution in [2.24, 2.45) is 5.92 Å². The average molecular weight is 331 g/mol. The molecule has 0 bridgehead atoms. The summed E-state index contributed by atoms with van der Waals surface area (Å²) in [7, 11) is 0. The molecule has 2 heterocycles. The topological polar surface area (TPSA) is 72.7 Å². The molecule has 1 aromatic carbocycles. The van der Waals surface area contributed by atoms with Crippen molar-refractivity contribution in [2.75, 3.05) is 0 Å². The Balaban J connectivity index is 1.92. The molecule has 0 unspecified atom stereocenters. The second kappa shape index (κ2) is 5.93. The maximum atomic E-state index is 10.1. The molecule has 0 aliphatic heterocycles. The Hall–Kier alpha value is -2.80. The first-order valence-corrected chi connectivity index (χ1v) is 8.78. The number of nitriles is 1. The number of nitrogens with one attached hydrogen (secondary N) is 1. The van der Waals surface area contributed by atoms with Gasteiger partial charge in [-0.3, -0.25) is 0 Å². The number of H-pyrrole nitrogens is 1. The number of aryl methyl sites for hydroxylation is 2. The lowest BCUT2D eigenvalue weighted by atomic mass is 9.91. The van der Waals surface area contributed by atoms with Crippen molar-refractivity contribution < 1.29 is 5.11 Å². The first-order chi connectivity index (χ1) is 12.1. The van der Waals surface area contributed by atoms with Crippen LogP contribution < -0.4 is 0 Å². The Labute approximate surface area is 147 Å². The van der Waals surface area contributed by atoms with Crippen LogP contribution in [0.15, 0.2) is 24.5 Å². The van der Waals surface area contributed by atoms with Crippen LogP contribution in [-0.2, 0) is 6.42 Å². The summed E-state index contributed by atoms with van der Waals surface area (Å²) < 4.78 is 0. The van der Waals surface area contributed by atoms with E-state index in [1.807, 2.05) is 26.1 Å². The van der Waals surface area contributed by atoms with Crippen LogP contribution in [0.4, 0.5) is 0 Å². The largest absolute Gasteiger partial charge is 0.508 e. The van der Waals surface area contributed by atoms with Gasteiger partial charge in [0.15, 0.2) is 0 Å². The van der Waals surface area contributed by atoms with Gasteiger partial charge < -0.3 is 10.1 Å². The van der Waals surface area contributed by atoms with Crippen molar-refractivity contribution >= 4 is 11.0 Å². The Morgan fingerprint density at radius 1 is 1.32 bits per heavy atom. The fraction of sp³-hybridized carbons (Fsp3) is 0.333. The SMILES string of the molecule is Cc1ccc(O)c(C)c1-c1cnc2[nH]cc(CCC3CC3)c2c1C#N. The number of rotatable bonds is 4. The van der Waals surface area contributed by atoms with E-state index in [-0.39, 0.29) is 5.75 Å². The van der Waals surface area contributed by atoms with Gasteiger partial charge in [0.25, 0.3) is 0 Å². The molecule has 0 spiro atoms. The highest BCUT2D eigenvalue weighted by molar-refractivity contribution is 5.93. The third-order valence-corrected chi connectivity index (χ3v) is 5.33. The lowest BCUT2D eigenvalue weighted by Gasteiger charge is -2.13. The minimum atomic E-state index is 0.243. The Kier molecular flexibility index (Phi) is 3.73. The molecule has 4 nitrogen and oxygen atoms in total. The standard InChI is InChI=1S/C21H21N3O/c1-12-3-8-18(25)13(2)19(12)17-11-24-21-20(16(17)9-22)15(10-23-21)7-6-14-4-5-14/h3,8,10-11,14,25H,4-7H2,1-2H3,(H,23,24). The van der Waals surface area contributed by atoms with Crippen LogP contribution in [0.25, 0.3) is 22.2 Å². The van der Waals surface area contributed by atoms with Crippen LogP contribution in [0.3, 0.4) is 0 Å². The molecule has 1 fully saturated rings. The zero-order valence-corrected chi connectivity index (χ0v) is 14.6. The molecule has 0 amide bonds. The molecule has 1 aliphatic rings. The van der Waals surface area contributed by atoms with E-state index >= 15 is 0 Å². The zero-order valence-electron chi connectivity index (χ0n) is 14.6. The normalized spacial score (nSPS) is 14.0. The third kappa shape index (κ3) is 2.66. The summed E-state index contributed by atoms with van der Waals surface area (Å²) in [5.41, 5.74) is 6.10. The molecule has 2 N–H and O–H groups in total. The van der Waals surface area contributed by atoms with Gasteiger partial charge in [0.2, 0.25) is 0 Å². The lowest BCUT2D eigenvalue weighted by molar-refractivity contribution is 0.471. The van der Waals surface area contributed by atoms with Gasteiger partial charge in [-0.1, -0.05) is 18.9 Å². The van der Waals surface area contributed by atoms with Crippen molar-refractivity contribution in [2.45, 2.75) is 39.5 Å². The molecule has 0 radical (unpaired) electrons. The molecular formula is C21H21N3O. The highest BCUT2D eigenvalue weighted by Gasteiger charge is 2.23.